The number of hydrogen-bond acceptors (Lipinski definition) is 5. The van der Waals surface area contributed by atoms with E-state index in [2.05, 4.69) is 53.0 Å². The number of hydrogen-bond donors (Lipinski definition) is 0. The molecule has 5 rings (SSSR count). The summed E-state index contributed by atoms with van der Waals surface area (Å²) in [6.07, 6.45) is 6.90. The van der Waals surface area contributed by atoms with E-state index in [0.29, 0.717) is 6.04 Å². The molecule has 28 heavy (non-hydrogen) atoms. The lowest BCUT2D eigenvalue weighted by molar-refractivity contribution is 0.633. The Morgan fingerprint density at radius 1 is 1.00 bits per heavy atom. The highest BCUT2D eigenvalue weighted by molar-refractivity contribution is 5.64. The van der Waals surface area contributed by atoms with Crippen molar-refractivity contribution in [2.45, 2.75) is 38.8 Å². The molecule has 2 aliphatic rings. The second kappa shape index (κ2) is 6.89. The lowest BCUT2D eigenvalue weighted by Crippen LogP contribution is -2.39. The Labute approximate surface area is 166 Å². The molecule has 2 aromatic heterocycles. The Hall–Kier alpha value is -2.95. The maximum absolute atomic E-state index is 5.10. The molecule has 1 unspecified atom stereocenters. The summed E-state index contributed by atoms with van der Waals surface area (Å²) in [5, 5.41) is 0. The molecule has 0 radical (unpaired) electrons. The van der Waals surface area contributed by atoms with Crippen LogP contribution in [0.15, 0.2) is 48.8 Å². The normalized spacial score (nSPS) is 18.6. The molecule has 1 aliphatic heterocycles. The number of benzene rings is 1. The number of aromatic nitrogens is 3. The van der Waals surface area contributed by atoms with Crippen LogP contribution in [0.5, 0.6) is 0 Å². The number of pyridine rings is 1. The number of nitrogens with zero attached hydrogens (tertiary/aromatic N) is 5. The molecule has 0 bridgehead atoms. The first-order valence-electron chi connectivity index (χ1n) is 10.1. The van der Waals surface area contributed by atoms with Crippen molar-refractivity contribution in [1.82, 2.24) is 15.0 Å². The fourth-order valence-corrected chi connectivity index (χ4v) is 4.51. The maximum atomic E-state index is 5.10. The smallest absolute Gasteiger partial charge is 0.161 e. The highest BCUT2D eigenvalue weighted by Crippen LogP contribution is 2.35. The summed E-state index contributed by atoms with van der Waals surface area (Å²) >= 11 is 0. The van der Waals surface area contributed by atoms with Gasteiger partial charge in [0.15, 0.2) is 5.82 Å². The molecule has 3 heterocycles. The van der Waals surface area contributed by atoms with Crippen molar-refractivity contribution in [3.8, 4) is 11.4 Å². The van der Waals surface area contributed by atoms with Gasteiger partial charge in [-0.2, -0.15) is 0 Å². The third kappa shape index (κ3) is 2.91. The fraction of sp³-hybridized carbons (Fsp3) is 0.348. The van der Waals surface area contributed by atoms with Crippen LogP contribution in [-0.4, -0.2) is 34.6 Å². The average Bonchev–Trinajstić information content (AvgIpc) is 3.16. The second-order valence-corrected chi connectivity index (χ2v) is 7.87. The lowest BCUT2D eigenvalue weighted by atomic mass is 10.1. The van der Waals surface area contributed by atoms with Crippen LogP contribution in [0, 0.1) is 0 Å². The molecule has 5 nitrogen and oxygen atoms in total. The zero-order chi connectivity index (χ0) is 19.1. The van der Waals surface area contributed by atoms with Crippen molar-refractivity contribution < 1.29 is 0 Å². The van der Waals surface area contributed by atoms with Crippen LogP contribution in [0.25, 0.3) is 11.4 Å². The minimum Gasteiger partial charge on any atom is -0.372 e. The van der Waals surface area contributed by atoms with E-state index >= 15 is 0 Å². The van der Waals surface area contributed by atoms with E-state index in [1.165, 1.54) is 22.5 Å². The molecule has 0 spiro atoms. The quantitative estimate of drug-likeness (QED) is 0.684. The van der Waals surface area contributed by atoms with Crippen LogP contribution < -0.4 is 9.80 Å². The van der Waals surface area contributed by atoms with Crippen molar-refractivity contribution in [1.29, 1.82) is 0 Å². The first-order valence-corrected chi connectivity index (χ1v) is 10.1. The summed E-state index contributed by atoms with van der Waals surface area (Å²) in [4.78, 5) is 19.0. The van der Waals surface area contributed by atoms with Crippen LogP contribution in [0.2, 0.25) is 0 Å². The van der Waals surface area contributed by atoms with E-state index in [-0.39, 0.29) is 0 Å². The third-order valence-electron chi connectivity index (χ3n) is 5.94. The fourth-order valence-electron chi connectivity index (χ4n) is 4.51. The zero-order valence-corrected chi connectivity index (χ0v) is 16.5. The Bertz CT molecular complexity index is 1000. The average molecular weight is 371 g/mol. The van der Waals surface area contributed by atoms with Gasteiger partial charge >= 0.3 is 0 Å². The van der Waals surface area contributed by atoms with E-state index in [4.69, 9.17) is 9.97 Å². The molecule has 0 N–H and O–H groups in total. The van der Waals surface area contributed by atoms with Crippen molar-refractivity contribution in [3.05, 3.63) is 65.6 Å². The van der Waals surface area contributed by atoms with Crippen LogP contribution in [-0.2, 0) is 19.4 Å². The van der Waals surface area contributed by atoms with Gasteiger partial charge in [0.05, 0.1) is 0 Å². The number of rotatable bonds is 2. The number of fused-ring (bicyclic) bond motifs is 2. The van der Waals surface area contributed by atoms with Gasteiger partial charge in [0.1, 0.15) is 5.82 Å². The van der Waals surface area contributed by atoms with E-state index in [1.54, 1.807) is 0 Å². The molecule has 3 aromatic rings. The lowest BCUT2D eigenvalue weighted by Gasteiger charge is -2.31. The van der Waals surface area contributed by atoms with Crippen LogP contribution in [0.3, 0.4) is 0 Å². The van der Waals surface area contributed by atoms with E-state index in [1.807, 2.05) is 24.5 Å². The highest BCUT2D eigenvalue weighted by Gasteiger charge is 2.29. The largest absolute Gasteiger partial charge is 0.372 e. The van der Waals surface area contributed by atoms with Gasteiger partial charge in [0.2, 0.25) is 0 Å². The number of likely N-dealkylation sites (N-methyl/N-ethyl adjacent to an activating group) is 1. The molecular weight excluding hydrogens is 346 g/mol. The molecule has 1 aromatic carbocycles. The number of aryl methyl sites for hydroxylation is 1. The highest BCUT2D eigenvalue weighted by atomic mass is 15.3. The second-order valence-electron chi connectivity index (χ2n) is 7.87. The monoisotopic (exact) mass is 371 g/mol. The van der Waals surface area contributed by atoms with Gasteiger partial charge in [0.25, 0.3) is 0 Å². The number of para-hydroxylation sites is 1. The summed E-state index contributed by atoms with van der Waals surface area (Å²) < 4.78 is 0. The maximum Gasteiger partial charge on any atom is 0.161 e. The third-order valence-corrected chi connectivity index (χ3v) is 5.94. The minimum atomic E-state index is 0.363. The Balaban J connectivity index is 1.63. The van der Waals surface area contributed by atoms with Gasteiger partial charge in [-0.25, -0.2) is 9.97 Å². The summed E-state index contributed by atoms with van der Waals surface area (Å²) in [6.45, 7) is 4.15. The van der Waals surface area contributed by atoms with Gasteiger partial charge in [-0.1, -0.05) is 18.2 Å². The first-order chi connectivity index (χ1) is 13.7. The molecule has 0 saturated carbocycles. The van der Waals surface area contributed by atoms with Gasteiger partial charge in [0, 0.05) is 61.1 Å². The predicted octanol–water partition coefficient (Wildman–Crippen LogP) is 3.87. The van der Waals surface area contributed by atoms with Gasteiger partial charge in [-0.05, 0) is 49.9 Å². The Morgan fingerprint density at radius 3 is 2.68 bits per heavy atom. The van der Waals surface area contributed by atoms with Crippen LogP contribution in [0.4, 0.5) is 11.5 Å². The van der Waals surface area contributed by atoms with E-state index in [9.17, 15) is 0 Å². The first kappa shape index (κ1) is 17.2. The Kier molecular flexibility index (Phi) is 4.23. The van der Waals surface area contributed by atoms with Crippen molar-refractivity contribution in [2.24, 2.45) is 0 Å². The molecule has 0 fully saturated rings. The van der Waals surface area contributed by atoms with Crippen LogP contribution >= 0.6 is 0 Å². The predicted molar refractivity (Wildman–Crippen MR) is 113 cm³/mol. The molecule has 0 amide bonds. The van der Waals surface area contributed by atoms with Crippen LogP contribution in [0.1, 0.15) is 30.2 Å². The van der Waals surface area contributed by atoms with Gasteiger partial charge in [-0.3, -0.25) is 4.98 Å². The van der Waals surface area contributed by atoms with Gasteiger partial charge < -0.3 is 9.80 Å². The van der Waals surface area contributed by atoms with Crippen molar-refractivity contribution >= 4 is 11.5 Å². The minimum absolute atomic E-state index is 0.363. The molecule has 5 heteroatoms. The zero-order valence-electron chi connectivity index (χ0n) is 16.5. The van der Waals surface area contributed by atoms with E-state index in [0.717, 1.165) is 49.6 Å². The van der Waals surface area contributed by atoms with E-state index < -0.39 is 0 Å². The summed E-state index contributed by atoms with van der Waals surface area (Å²) in [7, 11) is 2.19. The summed E-state index contributed by atoms with van der Waals surface area (Å²) in [5.74, 6) is 1.93. The van der Waals surface area contributed by atoms with Crippen molar-refractivity contribution in [3.63, 3.8) is 0 Å². The standard InChI is InChI=1S/C23H25N5/c1-16-14-27(2)21-9-4-3-6-18(21)15-28(16)23-19-7-5-8-20(19)25-22(26-23)17-10-12-24-13-11-17/h3-4,6,9-13,16H,5,7-8,14-15H2,1-2H3. The number of anilines is 2. The molecule has 0 saturated heterocycles. The molecule has 1 atom stereocenters. The van der Waals surface area contributed by atoms with Crippen molar-refractivity contribution in [2.75, 3.05) is 23.4 Å². The molecule has 1 aliphatic carbocycles. The molecular formula is C23H25N5. The summed E-state index contributed by atoms with van der Waals surface area (Å²) in [5.41, 5.74) is 6.26. The Morgan fingerprint density at radius 2 is 1.82 bits per heavy atom. The SMILES string of the molecule is CC1CN(C)c2ccccc2CN1c1nc(-c2ccncc2)nc2c1CCC2. The topological polar surface area (TPSA) is 45.2 Å². The molecule has 142 valence electrons. The summed E-state index contributed by atoms with van der Waals surface area (Å²) in [6, 6.07) is 13.1. The van der Waals surface area contributed by atoms with Gasteiger partial charge in [-0.15, -0.1) is 0 Å².